The first-order valence-corrected chi connectivity index (χ1v) is 15.1. The SMILES string of the molecule is COc1cc(Nc2nc(NC3CCOCC3)c(-c3ccon3)nc2C(N)=O)ccc1N1CCC(N2CCN(C)CC2)CC1. The molecule has 1 aromatic carbocycles. The van der Waals surface area contributed by atoms with Gasteiger partial charge in [0.1, 0.15) is 23.4 Å². The zero-order chi connectivity index (χ0) is 29.8. The van der Waals surface area contributed by atoms with Crippen molar-refractivity contribution in [2.45, 2.75) is 37.8 Å². The zero-order valence-electron chi connectivity index (χ0n) is 24.9. The number of hydrogen-bond donors (Lipinski definition) is 3. The predicted molar refractivity (Wildman–Crippen MR) is 164 cm³/mol. The lowest BCUT2D eigenvalue weighted by atomic mass is 10.0. The molecule has 0 spiro atoms. The van der Waals surface area contributed by atoms with Crippen LogP contribution in [-0.2, 0) is 4.74 Å². The molecule has 6 rings (SSSR count). The fourth-order valence-corrected chi connectivity index (χ4v) is 6.16. The molecule has 3 aromatic rings. The highest BCUT2D eigenvalue weighted by Gasteiger charge is 2.28. The van der Waals surface area contributed by atoms with Gasteiger partial charge in [-0.3, -0.25) is 9.69 Å². The minimum absolute atomic E-state index is 0.00421. The van der Waals surface area contributed by atoms with E-state index in [4.69, 9.17) is 24.7 Å². The standard InChI is InChI=1S/C30H41N9O4/c1-37-12-14-38(15-13-37)22-5-10-39(11-6-22)24-4-3-21(19-25(24)41-2)33-30-27(28(31)40)34-26(23-9-18-43-36-23)29(35-30)32-20-7-16-42-17-8-20/h3-4,9,18-20,22H,5-8,10-17H2,1-2H3,(H2,31,40)(H2,32,33,35). The molecule has 3 aliphatic heterocycles. The number of anilines is 4. The number of carbonyl (C=O) groups excluding carboxylic acids is 1. The van der Waals surface area contributed by atoms with Gasteiger partial charge in [0.2, 0.25) is 0 Å². The normalized spacial score (nSPS) is 19.3. The van der Waals surface area contributed by atoms with Crippen molar-refractivity contribution in [2.24, 2.45) is 5.73 Å². The average molecular weight is 592 g/mol. The van der Waals surface area contributed by atoms with E-state index in [1.807, 2.05) is 12.1 Å². The molecule has 0 radical (unpaired) electrons. The Hall–Kier alpha value is -3.94. The number of hydrogen-bond acceptors (Lipinski definition) is 12. The molecule has 230 valence electrons. The van der Waals surface area contributed by atoms with E-state index in [9.17, 15) is 4.79 Å². The number of ether oxygens (including phenoxy) is 2. The number of amides is 1. The zero-order valence-corrected chi connectivity index (χ0v) is 24.9. The van der Waals surface area contributed by atoms with E-state index in [0.29, 0.717) is 42.1 Å². The van der Waals surface area contributed by atoms with Crippen LogP contribution in [0, 0.1) is 0 Å². The van der Waals surface area contributed by atoms with Crippen LogP contribution in [0.5, 0.6) is 5.75 Å². The number of piperazine rings is 1. The largest absolute Gasteiger partial charge is 0.495 e. The molecule has 0 aliphatic carbocycles. The number of carbonyl (C=O) groups is 1. The monoisotopic (exact) mass is 591 g/mol. The fourth-order valence-electron chi connectivity index (χ4n) is 6.16. The van der Waals surface area contributed by atoms with E-state index in [2.05, 4.69) is 48.6 Å². The summed E-state index contributed by atoms with van der Waals surface area (Å²) in [7, 11) is 3.87. The molecule has 0 saturated carbocycles. The number of piperidine rings is 1. The van der Waals surface area contributed by atoms with Crippen LogP contribution in [0.2, 0.25) is 0 Å². The van der Waals surface area contributed by atoms with E-state index in [-0.39, 0.29) is 17.6 Å². The first-order chi connectivity index (χ1) is 21.0. The van der Waals surface area contributed by atoms with Gasteiger partial charge in [-0.2, -0.15) is 0 Å². The van der Waals surface area contributed by atoms with Gasteiger partial charge < -0.3 is 40.2 Å². The average Bonchev–Trinajstić information content (AvgIpc) is 3.57. The van der Waals surface area contributed by atoms with E-state index < -0.39 is 5.91 Å². The minimum Gasteiger partial charge on any atom is -0.495 e. The highest BCUT2D eigenvalue weighted by Crippen LogP contribution is 2.36. The maximum absolute atomic E-state index is 12.5. The van der Waals surface area contributed by atoms with Crippen LogP contribution in [0.25, 0.3) is 11.4 Å². The van der Waals surface area contributed by atoms with Crippen molar-refractivity contribution < 1.29 is 18.8 Å². The van der Waals surface area contributed by atoms with Gasteiger partial charge in [0, 0.05) is 82.4 Å². The lowest BCUT2D eigenvalue weighted by Gasteiger charge is -2.42. The number of nitrogens with one attached hydrogen (secondary N) is 2. The summed E-state index contributed by atoms with van der Waals surface area (Å²) in [4.78, 5) is 29.4. The number of benzene rings is 1. The Bertz CT molecular complexity index is 1380. The Morgan fingerprint density at radius 3 is 2.44 bits per heavy atom. The summed E-state index contributed by atoms with van der Waals surface area (Å²) in [5.41, 5.74) is 8.39. The molecule has 43 heavy (non-hydrogen) atoms. The Morgan fingerprint density at radius 2 is 1.77 bits per heavy atom. The summed E-state index contributed by atoms with van der Waals surface area (Å²) in [5.74, 6) is 0.776. The number of likely N-dealkylation sites (N-methyl/N-ethyl adjacent to an activating group) is 1. The summed E-state index contributed by atoms with van der Waals surface area (Å²) in [6, 6.07) is 8.39. The maximum Gasteiger partial charge on any atom is 0.271 e. The number of methoxy groups -OCH3 is 1. The molecule has 5 heterocycles. The van der Waals surface area contributed by atoms with Crippen LogP contribution >= 0.6 is 0 Å². The van der Waals surface area contributed by atoms with Gasteiger partial charge >= 0.3 is 0 Å². The van der Waals surface area contributed by atoms with Gasteiger partial charge in [0.05, 0.1) is 12.8 Å². The second kappa shape index (κ2) is 13.1. The Balaban J connectivity index is 1.22. The molecule has 13 nitrogen and oxygen atoms in total. The van der Waals surface area contributed by atoms with Gasteiger partial charge in [0.15, 0.2) is 17.3 Å². The van der Waals surface area contributed by atoms with Gasteiger partial charge in [0.25, 0.3) is 5.91 Å². The molecular formula is C30H41N9O4. The van der Waals surface area contributed by atoms with Crippen molar-refractivity contribution in [3.05, 3.63) is 36.2 Å². The lowest BCUT2D eigenvalue weighted by Crippen LogP contribution is -2.52. The van der Waals surface area contributed by atoms with Crippen molar-refractivity contribution in [3.63, 3.8) is 0 Å². The number of rotatable bonds is 9. The molecule has 0 unspecified atom stereocenters. The first kappa shape index (κ1) is 29.1. The van der Waals surface area contributed by atoms with Gasteiger partial charge in [-0.1, -0.05) is 5.16 Å². The van der Waals surface area contributed by atoms with E-state index in [1.165, 1.54) is 6.26 Å². The second-order valence-corrected chi connectivity index (χ2v) is 11.5. The highest BCUT2D eigenvalue weighted by atomic mass is 16.5. The minimum atomic E-state index is -0.704. The Kier molecular flexibility index (Phi) is 8.91. The number of primary amides is 1. The van der Waals surface area contributed by atoms with Crippen molar-refractivity contribution >= 4 is 28.9 Å². The van der Waals surface area contributed by atoms with Crippen molar-refractivity contribution in [2.75, 3.05) is 82.2 Å². The Labute approximate surface area is 251 Å². The van der Waals surface area contributed by atoms with E-state index >= 15 is 0 Å². The molecular weight excluding hydrogens is 550 g/mol. The maximum atomic E-state index is 12.5. The summed E-state index contributed by atoms with van der Waals surface area (Å²) in [6.45, 7) is 7.84. The topological polar surface area (TPSA) is 147 Å². The smallest absolute Gasteiger partial charge is 0.271 e. The lowest BCUT2D eigenvalue weighted by molar-refractivity contribution is 0.0904. The van der Waals surface area contributed by atoms with Crippen LogP contribution in [-0.4, -0.2) is 110 Å². The molecule has 13 heteroatoms. The third-order valence-electron chi connectivity index (χ3n) is 8.67. The van der Waals surface area contributed by atoms with Crippen molar-refractivity contribution in [3.8, 4) is 17.1 Å². The predicted octanol–water partition coefficient (Wildman–Crippen LogP) is 2.79. The number of nitrogens with zero attached hydrogens (tertiary/aromatic N) is 6. The molecule has 3 saturated heterocycles. The first-order valence-electron chi connectivity index (χ1n) is 15.1. The van der Waals surface area contributed by atoms with Gasteiger partial charge in [-0.15, -0.1) is 0 Å². The number of nitrogens with two attached hydrogens (primary N) is 1. The summed E-state index contributed by atoms with van der Waals surface area (Å²) in [5, 5.41) is 10.8. The quantitative estimate of drug-likeness (QED) is 0.336. The molecule has 4 N–H and O–H groups in total. The van der Waals surface area contributed by atoms with Crippen LogP contribution in [0.4, 0.5) is 23.0 Å². The van der Waals surface area contributed by atoms with Crippen LogP contribution in [0.15, 0.2) is 35.1 Å². The van der Waals surface area contributed by atoms with Crippen molar-refractivity contribution in [1.82, 2.24) is 24.9 Å². The molecule has 3 aliphatic rings. The van der Waals surface area contributed by atoms with E-state index in [0.717, 1.165) is 76.4 Å². The molecule has 1 amide bonds. The summed E-state index contributed by atoms with van der Waals surface area (Å²) >= 11 is 0. The molecule has 0 bridgehead atoms. The third-order valence-corrected chi connectivity index (χ3v) is 8.67. The highest BCUT2D eigenvalue weighted by molar-refractivity contribution is 5.97. The fraction of sp³-hybridized carbons (Fsp3) is 0.533. The van der Waals surface area contributed by atoms with Crippen molar-refractivity contribution in [1.29, 1.82) is 0 Å². The third kappa shape index (κ3) is 6.68. The van der Waals surface area contributed by atoms with Crippen LogP contribution in [0.3, 0.4) is 0 Å². The Morgan fingerprint density at radius 1 is 1.00 bits per heavy atom. The molecule has 0 atom stereocenters. The number of aromatic nitrogens is 3. The van der Waals surface area contributed by atoms with E-state index in [1.54, 1.807) is 13.2 Å². The van der Waals surface area contributed by atoms with Gasteiger partial charge in [-0.05, 0) is 44.9 Å². The van der Waals surface area contributed by atoms with Gasteiger partial charge in [-0.25, -0.2) is 9.97 Å². The van der Waals surface area contributed by atoms with Crippen LogP contribution < -0.4 is 26.0 Å². The molecule has 2 aromatic heterocycles. The summed E-state index contributed by atoms with van der Waals surface area (Å²) < 4.78 is 16.4. The molecule has 3 fully saturated rings. The second-order valence-electron chi connectivity index (χ2n) is 11.5. The van der Waals surface area contributed by atoms with Crippen LogP contribution in [0.1, 0.15) is 36.2 Å². The summed E-state index contributed by atoms with van der Waals surface area (Å²) in [6.07, 6.45) is 5.36.